The largest absolute Gasteiger partial charge is 0.481 e. The second kappa shape index (κ2) is 5.04. The summed E-state index contributed by atoms with van der Waals surface area (Å²) in [5.74, 6) is -1.32. The Labute approximate surface area is 90.3 Å². The number of aliphatic hydroxyl groups excluding tert-OH is 5. The Morgan fingerprint density at radius 3 is 2.19 bits per heavy atom. The van der Waals surface area contributed by atoms with Crippen molar-refractivity contribution in [2.24, 2.45) is 0 Å². The monoisotopic (exact) mass is 238 g/mol. The van der Waals surface area contributed by atoms with Crippen molar-refractivity contribution < 1.29 is 40.2 Å². The minimum atomic E-state index is -1.79. The minimum absolute atomic E-state index is 0.711. The normalized spacial score (nSPS) is 41.7. The van der Waals surface area contributed by atoms with Gasteiger partial charge in [0.25, 0.3) is 0 Å². The number of carboxylic acid groups (broad SMARTS) is 1. The van der Waals surface area contributed by atoms with Gasteiger partial charge in [-0.25, -0.2) is 0 Å². The van der Waals surface area contributed by atoms with Gasteiger partial charge in [-0.2, -0.15) is 0 Å². The summed E-state index contributed by atoms with van der Waals surface area (Å²) < 4.78 is 4.63. The van der Waals surface area contributed by atoms with Crippen molar-refractivity contribution in [1.82, 2.24) is 0 Å². The van der Waals surface area contributed by atoms with Crippen LogP contribution in [0.5, 0.6) is 0 Å². The van der Waals surface area contributed by atoms with Crippen LogP contribution in [0.1, 0.15) is 6.42 Å². The molecule has 0 saturated carbocycles. The lowest BCUT2D eigenvalue weighted by Crippen LogP contribution is -2.60. The highest BCUT2D eigenvalue weighted by Gasteiger charge is 2.46. The van der Waals surface area contributed by atoms with Gasteiger partial charge < -0.3 is 35.4 Å². The van der Waals surface area contributed by atoms with Gasteiger partial charge in [0.1, 0.15) is 24.4 Å². The minimum Gasteiger partial charge on any atom is -0.481 e. The van der Waals surface area contributed by atoms with Gasteiger partial charge in [0.15, 0.2) is 6.29 Å². The summed E-state index contributed by atoms with van der Waals surface area (Å²) >= 11 is 0. The van der Waals surface area contributed by atoms with Crippen molar-refractivity contribution in [3.63, 3.8) is 0 Å². The first-order valence-electron chi connectivity index (χ1n) is 4.62. The first kappa shape index (κ1) is 13.3. The Kier molecular flexibility index (Phi) is 4.19. The van der Waals surface area contributed by atoms with E-state index in [1.54, 1.807) is 0 Å². The molecule has 0 amide bonds. The zero-order valence-electron chi connectivity index (χ0n) is 8.17. The van der Waals surface area contributed by atoms with Crippen molar-refractivity contribution in [3.8, 4) is 0 Å². The maximum Gasteiger partial charge on any atom is 0.306 e. The second-order valence-corrected chi connectivity index (χ2v) is 3.63. The molecule has 0 radical (unpaired) electrons. The highest BCUT2D eigenvalue weighted by atomic mass is 16.6. The van der Waals surface area contributed by atoms with Crippen LogP contribution in [0.4, 0.5) is 0 Å². The molecule has 0 aromatic rings. The van der Waals surface area contributed by atoms with Gasteiger partial charge in [-0.3, -0.25) is 4.79 Å². The van der Waals surface area contributed by atoms with Gasteiger partial charge in [-0.1, -0.05) is 0 Å². The first-order valence-corrected chi connectivity index (χ1v) is 4.62. The standard InChI is InChI=1S/C8H14O8/c9-2(1-3(10)11)7-5(13)4(12)6(14)8(15)16-7/h2,4-9,12-15H,1H2,(H,10,11)/t2?,4-,5+,6+,7+,8-/m0/s1. The molecular formula is C8H14O8. The van der Waals surface area contributed by atoms with E-state index in [-0.39, 0.29) is 0 Å². The fraction of sp³-hybridized carbons (Fsp3) is 0.875. The zero-order valence-corrected chi connectivity index (χ0v) is 8.17. The maximum atomic E-state index is 10.3. The molecule has 8 heteroatoms. The van der Waals surface area contributed by atoms with Crippen LogP contribution in [0.3, 0.4) is 0 Å². The molecular weight excluding hydrogens is 224 g/mol. The van der Waals surface area contributed by atoms with Crippen molar-refractivity contribution in [2.75, 3.05) is 0 Å². The lowest BCUT2D eigenvalue weighted by atomic mass is 9.94. The van der Waals surface area contributed by atoms with Crippen LogP contribution in [0.25, 0.3) is 0 Å². The number of carboxylic acids is 1. The maximum absolute atomic E-state index is 10.3. The van der Waals surface area contributed by atoms with Gasteiger partial charge in [-0.05, 0) is 0 Å². The van der Waals surface area contributed by atoms with Crippen LogP contribution in [0.15, 0.2) is 0 Å². The van der Waals surface area contributed by atoms with Crippen LogP contribution in [0.2, 0.25) is 0 Å². The molecule has 0 aromatic carbocycles. The van der Waals surface area contributed by atoms with Crippen molar-refractivity contribution in [3.05, 3.63) is 0 Å². The molecule has 6 atom stereocenters. The summed E-state index contributed by atoms with van der Waals surface area (Å²) in [5.41, 5.74) is 0. The van der Waals surface area contributed by atoms with E-state index in [1.807, 2.05) is 0 Å². The number of rotatable bonds is 3. The second-order valence-electron chi connectivity index (χ2n) is 3.63. The number of ether oxygens (including phenoxy) is 1. The summed E-state index contributed by atoms with van der Waals surface area (Å²) in [4.78, 5) is 10.3. The van der Waals surface area contributed by atoms with Gasteiger partial charge in [0.2, 0.25) is 0 Å². The van der Waals surface area contributed by atoms with E-state index in [1.165, 1.54) is 0 Å². The number of aliphatic carboxylic acids is 1. The molecule has 1 rings (SSSR count). The fourth-order valence-corrected chi connectivity index (χ4v) is 1.50. The Morgan fingerprint density at radius 1 is 1.12 bits per heavy atom. The predicted octanol–water partition coefficient (Wildman–Crippen LogP) is -3.38. The molecule has 1 aliphatic rings. The molecule has 16 heavy (non-hydrogen) atoms. The van der Waals surface area contributed by atoms with Gasteiger partial charge in [0, 0.05) is 0 Å². The predicted molar refractivity (Wildman–Crippen MR) is 47.2 cm³/mol. The van der Waals surface area contributed by atoms with E-state index in [0.717, 1.165) is 0 Å². The molecule has 1 saturated heterocycles. The summed E-state index contributed by atoms with van der Waals surface area (Å²) in [6, 6.07) is 0. The van der Waals surface area contributed by atoms with Crippen molar-refractivity contribution in [2.45, 2.75) is 43.2 Å². The molecule has 0 bridgehead atoms. The molecule has 94 valence electrons. The number of hydrogen-bond donors (Lipinski definition) is 6. The van der Waals surface area contributed by atoms with Crippen LogP contribution < -0.4 is 0 Å². The summed E-state index contributed by atoms with van der Waals surface area (Å²) in [7, 11) is 0. The average Bonchev–Trinajstić information content (AvgIpc) is 2.19. The van der Waals surface area contributed by atoms with Crippen LogP contribution >= 0.6 is 0 Å². The summed E-state index contributed by atoms with van der Waals surface area (Å²) in [6.45, 7) is 0. The molecule has 0 aliphatic carbocycles. The Balaban J connectivity index is 2.69. The van der Waals surface area contributed by atoms with E-state index in [9.17, 15) is 20.1 Å². The molecule has 1 heterocycles. The number of aliphatic hydroxyl groups is 5. The third-order valence-corrected chi connectivity index (χ3v) is 2.39. The topological polar surface area (TPSA) is 148 Å². The third kappa shape index (κ3) is 2.67. The fourth-order valence-electron chi connectivity index (χ4n) is 1.50. The first-order chi connectivity index (χ1) is 7.34. The van der Waals surface area contributed by atoms with Gasteiger partial charge in [0.05, 0.1) is 12.5 Å². The Bertz CT molecular complexity index is 256. The van der Waals surface area contributed by atoms with E-state index in [4.69, 9.17) is 15.3 Å². The van der Waals surface area contributed by atoms with Crippen LogP contribution in [-0.2, 0) is 9.53 Å². The highest BCUT2D eigenvalue weighted by molar-refractivity contribution is 5.67. The summed E-state index contributed by atoms with van der Waals surface area (Å²) in [5, 5.41) is 54.7. The van der Waals surface area contributed by atoms with Crippen LogP contribution in [-0.4, -0.2) is 73.4 Å². The third-order valence-electron chi connectivity index (χ3n) is 2.39. The van der Waals surface area contributed by atoms with Crippen LogP contribution in [0, 0.1) is 0 Å². The van der Waals surface area contributed by atoms with E-state index in [2.05, 4.69) is 4.74 Å². The molecule has 0 aromatic heterocycles. The number of hydrogen-bond acceptors (Lipinski definition) is 7. The summed E-state index contributed by atoms with van der Waals surface area (Å²) in [6.07, 6.45) is -10.6. The van der Waals surface area contributed by atoms with Crippen molar-refractivity contribution >= 4 is 5.97 Å². The Morgan fingerprint density at radius 2 is 1.69 bits per heavy atom. The average molecular weight is 238 g/mol. The lowest BCUT2D eigenvalue weighted by molar-refractivity contribution is -0.296. The van der Waals surface area contributed by atoms with Crippen molar-refractivity contribution in [1.29, 1.82) is 0 Å². The molecule has 1 aliphatic heterocycles. The Hall–Kier alpha value is -0.770. The van der Waals surface area contributed by atoms with Gasteiger partial charge >= 0.3 is 5.97 Å². The molecule has 6 N–H and O–H groups in total. The van der Waals surface area contributed by atoms with E-state index >= 15 is 0 Å². The molecule has 0 spiro atoms. The van der Waals surface area contributed by atoms with E-state index < -0.39 is 49.2 Å². The quantitative estimate of drug-likeness (QED) is 0.298. The smallest absolute Gasteiger partial charge is 0.306 e. The van der Waals surface area contributed by atoms with E-state index in [0.29, 0.717) is 0 Å². The molecule has 8 nitrogen and oxygen atoms in total. The zero-order chi connectivity index (χ0) is 12.5. The highest BCUT2D eigenvalue weighted by Crippen LogP contribution is 2.23. The SMILES string of the molecule is O=C(O)CC(O)[C@H]1O[C@H](O)[C@H](O)[C@@H](O)[C@H]1O. The lowest BCUT2D eigenvalue weighted by Gasteiger charge is -2.39. The number of carbonyl (C=O) groups is 1. The molecule has 1 unspecified atom stereocenters. The molecule has 1 fully saturated rings. The van der Waals surface area contributed by atoms with Gasteiger partial charge in [-0.15, -0.1) is 0 Å².